The molecule has 0 aromatic carbocycles. The second kappa shape index (κ2) is 10.1. The lowest BCUT2D eigenvalue weighted by atomic mass is 9.83. The maximum absolute atomic E-state index is 12.2. The monoisotopic (exact) mass is 407 g/mol. The van der Waals surface area contributed by atoms with Crippen LogP contribution in [-0.2, 0) is 11.3 Å². The number of rotatable bonds is 7. The number of nitriles is 1. The van der Waals surface area contributed by atoms with Gasteiger partial charge >= 0.3 is 0 Å². The van der Waals surface area contributed by atoms with E-state index in [4.69, 9.17) is 10.00 Å². The van der Waals surface area contributed by atoms with Gasteiger partial charge in [-0.05, 0) is 52.0 Å². The zero-order valence-electron chi connectivity index (χ0n) is 18.5. The summed E-state index contributed by atoms with van der Waals surface area (Å²) in [5.74, 6) is 7.64. The molecule has 0 saturated carbocycles. The Morgan fingerprint density at radius 1 is 1.33 bits per heavy atom. The predicted octanol–water partition coefficient (Wildman–Crippen LogP) is 3.71. The van der Waals surface area contributed by atoms with Crippen LogP contribution in [-0.4, -0.2) is 41.3 Å². The van der Waals surface area contributed by atoms with Gasteiger partial charge in [-0.1, -0.05) is 29.6 Å². The van der Waals surface area contributed by atoms with Crippen LogP contribution in [0.2, 0.25) is 0 Å². The first-order valence-electron chi connectivity index (χ1n) is 11.0. The number of nitrogens with zero attached hydrogens (tertiary/aromatic N) is 3. The molecular formula is C25H33N3O2. The maximum atomic E-state index is 12.2. The minimum Gasteiger partial charge on any atom is -0.362 e. The molecule has 30 heavy (non-hydrogen) atoms. The standard InChI is InChI=1S/C25H33N3O2/c1-20(2)8-5-11-25(3,30-15-7-13-26)12-6-14-27-17-21-16-22(19-27)23-9-4-10-24(29)28(23)18-21/h4,8-10,21-22H,5,7,11,14-19H2,1-3H3. The highest BCUT2D eigenvalue weighted by molar-refractivity contribution is 5.19. The molecule has 1 saturated heterocycles. The Morgan fingerprint density at radius 3 is 2.93 bits per heavy atom. The third-order valence-electron chi connectivity index (χ3n) is 6.02. The molecule has 1 aromatic heterocycles. The van der Waals surface area contributed by atoms with Gasteiger partial charge in [0.1, 0.15) is 5.60 Å². The molecule has 2 aliphatic heterocycles. The van der Waals surface area contributed by atoms with E-state index in [2.05, 4.69) is 48.8 Å². The maximum Gasteiger partial charge on any atom is 0.250 e. The average Bonchev–Trinajstić information content (AvgIpc) is 2.69. The first-order valence-corrected chi connectivity index (χ1v) is 11.0. The predicted molar refractivity (Wildman–Crippen MR) is 119 cm³/mol. The van der Waals surface area contributed by atoms with Crippen LogP contribution < -0.4 is 5.56 Å². The highest BCUT2D eigenvalue weighted by Crippen LogP contribution is 2.34. The number of fused-ring (bicyclic) bond motifs is 4. The third kappa shape index (κ3) is 5.85. The zero-order chi connectivity index (χ0) is 21.6. The number of pyridine rings is 1. The van der Waals surface area contributed by atoms with E-state index < -0.39 is 5.60 Å². The molecule has 160 valence electrons. The summed E-state index contributed by atoms with van der Waals surface area (Å²) in [7, 11) is 0. The SMILES string of the molecule is CC(C)=CCCC(C)(C#CCN1CC2CC(C1)c1cccc(=O)n1C2)OCCC#N. The molecule has 0 radical (unpaired) electrons. The topological polar surface area (TPSA) is 58.3 Å². The van der Waals surface area contributed by atoms with Gasteiger partial charge in [0.2, 0.25) is 0 Å². The molecule has 5 nitrogen and oxygen atoms in total. The molecule has 0 spiro atoms. The first kappa shape index (κ1) is 22.3. The minimum absolute atomic E-state index is 0.122. The molecular weight excluding hydrogens is 374 g/mol. The summed E-state index contributed by atoms with van der Waals surface area (Å²) < 4.78 is 7.96. The number of likely N-dealkylation sites (tertiary alicyclic amines) is 1. The van der Waals surface area contributed by atoms with E-state index in [1.54, 1.807) is 6.07 Å². The Labute approximate surface area is 180 Å². The van der Waals surface area contributed by atoms with Crippen LogP contribution in [0.5, 0.6) is 0 Å². The van der Waals surface area contributed by atoms with Crippen LogP contribution in [0.15, 0.2) is 34.6 Å². The molecule has 3 rings (SSSR count). The fourth-order valence-corrected chi connectivity index (χ4v) is 4.59. The van der Waals surface area contributed by atoms with Crippen molar-refractivity contribution < 1.29 is 4.74 Å². The van der Waals surface area contributed by atoms with Crippen LogP contribution in [0.1, 0.15) is 58.1 Å². The Bertz CT molecular complexity index is 926. The molecule has 2 aliphatic rings. The molecule has 1 fully saturated rings. The molecule has 3 heterocycles. The van der Waals surface area contributed by atoms with Gasteiger partial charge in [0.25, 0.3) is 5.56 Å². The Kier molecular flexibility index (Phi) is 7.53. The van der Waals surface area contributed by atoms with E-state index >= 15 is 0 Å². The molecule has 3 atom stereocenters. The van der Waals surface area contributed by atoms with Crippen molar-refractivity contribution in [3.63, 3.8) is 0 Å². The number of allylic oxidation sites excluding steroid dienone is 2. The second-order valence-electron chi connectivity index (χ2n) is 9.00. The number of hydrogen-bond acceptors (Lipinski definition) is 4. The lowest BCUT2D eigenvalue weighted by molar-refractivity contribution is 0.0108. The number of piperidine rings is 1. The highest BCUT2D eigenvalue weighted by atomic mass is 16.5. The average molecular weight is 408 g/mol. The second-order valence-corrected chi connectivity index (χ2v) is 9.00. The quantitative estimate of drug-likeness (QED) is 0.393. The van der Waals surface area contributed by atoms with E-state index in [9.17, 15) is 4.79 Å². The Morgan fingerprint density at radius 2 is 2.17 bits per heavy atom. The summed E-state index contributed by atoms with van der Waals surface area (Å²) in [6.45, 7) is 10.1. The van der Waals surface area contributed by atoms with Crippen molar-refractivity contribution >= 4 is 0 Å². The van der Waals surface area contributed by atoms with Crippen molar-refractivity contribution in [3.8, 4) is 17.9 Å². The molecule has 2 bridgehead atoms. The van der Waals surface area contributed by atoms with Gasteiger partial charge in [-0.3, -0.25) is 9.69 Å². The number of hydrogen-bond donors (Lipinski definition) is 0. The van der Waals surface area contributed by atoms with Crippen molar-refractivity contribution in [3.05, 3.63) is 45.9 Å². The van der Waals surface area contributed by atoms with Gasteiger partial charge in [0.15, 0.2) is 0 Å². The van der Waals surface area contributed by atoms with E-state index in [1.165, 1.54) is 11.3 Å². The molecule has 1 aromatic rings. The Balaban J connectivity index is 1.64. The van der Waals surface area contributed by atoms with Crippen molar-refractivity contribution in [1.29, 1.82) is 5.26 Å². The van der Waals surface area contributed by atoms with E-state index in [-0.39, 0.29) is 5.56 Å². The van der Waals surface area contributed by atoms with Crippen molar-refractivity contribution in [1.82, 2.24) is 9.47 Å². The lowest BCUT2D eigenvalue weighted by Gasteiger charge is -2.42. The van der Waals surface area contributed by atoms with Crippen LogP contribution >= 0.6 is 0 Å². The Hall–Kier alpha value is -2.34. The number of ether oxygens (including phenoxy) is 1. The van der Waals surface area contributed by atoms with Gasteiger partial charge in [-0.2, -0.15) is 5.26 Å². The summed E-state index contributed by atoms with van der Waals surface area (Å²) in [5, 5.41) is 8.82. The largest absolute Gasteiger partial charge is 0.362 e. The first-order chi connectivity index (χ1) is 14.4. The highest BCUT2D eigenvalue weighted by Gasteiger charge is 2.34. The molecule has 3 unspecified atom stereocenters. The van der Waals surface area contributed by atoms with Crippen molar-refractivity contribution in [2.24, 2.45) is 5.92 Å². The fourth-order valence-electron chi connectivity index (χ4n) is 4.59. The van der Waals surface area contributed by atoms with Crippen molar-refractivity contribution in [2.75, 3.05) is 26.2 Å². The number of aromatic nitrogens is 1. The normalized spacial score (nSPS) is 22.1. The lowest BCUT2D eigenvalue weighted by Crippen LogP contribution is -2.47. The zero-order valence-corrected chi connectivity index (χ0v) is 18.5. The van der Waals surface area contributed by atoms with E-state index in [0.717, 1.165) is 38.9 Å². The summed E-state index contributed by atoms with van der Waals surface area (Å²) in [6.07, 6.45) is 5.48. The molecule has 0 amide bonds. The van der Waals surface area contributed by atoms with Crippen LogP contribution in [0.3, 0.4) is 0 Å². The summed E-state index contributed by atoms with van der Waals surface area (Å²) in [4.78, 5) is 14.6. The fraction of sp³-hybridized carbons (Fsp3) is 0.600. The van der Waals surface area contributed by atoms with E-state index in [1.807, 2.05) is 17.6 Å². The molecule has 5 heteroatoms. The van der Waals surface area contributed by atoms with Crippen LogP contribution in [0.25, 0.3) is 0 Å². The minimum atomic E-state index is -0.533. The third-order valence-corrected chi connectivity index (χ3v) is 6.02. The van der Waals surface area contributed by atoms with Gasteiger partial charge < -0.3 is 9.30 Å². The summed E-state index contributed by atoms with van der Waals surface area (Å²) in [5.41, 5.74) is 2.05. The summed E-state index contributed by atoms with van der Waals surface area (Å²) >= 11 is 0. The smallest absolute Gasteiger partial charge is 0.250 e. The summed E-state index contributed by atoms with van der Waals surface area (Å²) in [6, 6.07) is 7.78. The van der Waals surface area contributed by atoms with Gasteiger partial charge in [0.05, 0.1) is 25.6 Å². The van der Waals surface area contributed by atoms with Crippen LogP contribution in [0.4, 0.5) is 0 Å². The van der Waals surface area contributed by atoms with Gasteiger partial charge in [-0.25, -0.2) is 0 Å². The molecule has 0 N–H and O–H groups in total. The van der Waals surface area contributed by atoms with Gasteiger partial charge in [-0.15, -0.1) is 0 Å². The van der Waals surface area contributed by atoms with Crippen molar-refractivity contribution in [2.45, 2.75) is 64.5 Å². The van der Waals surface area contributed by atoms with Crippen LogP contribution in [0, 0.1) is 29.1 Å². The molecule has 0 aliphatic carbocycles. The van der Waals surface area contributed by atoms with E-state index in [0.29, 0.717) is 31.4 Å². The van der Waals surface area contributed by atoms with Gasteiger partial charge in [0, 0.05) is 37.3 Å².